The predicted molar refractivity (Wildman–Crippen MR) is 180 cm³/mol. The zero-order chi connectivity index (χ0) is 36.2. The fourth-order valence-corrected chi connectivity index (χ4v) is 6.38. The van der Waals surface area contributed by atoms with Gasteiger partial charge in [-0.15, -0.1) is 0 Å². The van der Waals surface area contributed by atoms with Gasteiger partial charge in [0.15, 0.2) is 0 Å². The molecule has 0 aliphatic carbocycles. The molecule has 0 saturated carbocycles. The number of carbonyl (C=O) groups is 2. The summed E-state index contributed by atoms with van der Waals surface area (Å²) in [6.07, 6.45) is 0.643. The number of esters is 1. The Kier molecular flexibility index (Phi) is 12.6. The molecule has 266 valence electrons. The molecular weight excluding hydrogens is 664 g/mol. The number of nitrogens with one attached hydrogen (secondary N) is 1. The molecular formula is C36H43ClF4N4O4. The molecule has 8 nitrogen and oxygen atoms in total. The third-order valence-electron chi connectivity index (χ3n) is 8.54. The minimum Gasteiger partial charge on any atom is -0.466 e. The van der Waals surface area contributed by atoms with E-state index in [4.69, 9.17) is 16.3 Å². The molecule has 1 saturated heterocycles. The molecule has 1 aliphatic rings. The van der Waals surface area contributed by atoms with Crippen LogP contribution in [-0.4, -0.2) is 58.7 Å². The quantitative estimate of drug-likeness (QED) is 0.143. The monoisotopic (exact) mass is 706 g/mol. The molecule has 13 heteroatoms. The molecule has 1 fully saturated rings. The number of hydrogen-bond acceptors (Lipinski definition) is 6. The number of nitrogens with zero attached hydrogens (tertiary/aromatic N) is 3. The van der Waals surface area contributed by atoms with Crippen molar-refractivity contribution in [1.29, 1.82) is 0 Å². The summed E-state index contributed by atoms with van der Waals surface area (Å²) in [5.74, 6) is -4.98. The van der Waals surface area contributed by atoms with E-state index in [-0.39, 0.29) is 46.6 Å². The average Bonchev–Trinajstić information content (AvgIpc) is 3.00. The summed E-state index contributed by atoms with van der Waals surface area (Å²) in [6, 6.07) is 2.11. The summed E-state index contributed by atoms with van der Waals surface area (Å²) in [5.41, 5.74) is -0.832. The summed E-state index contributed by atoms with van der Waals surface area (Å²) in [4.78, 5) is 46.7. The maximum Gasteiger partial charge on any atom is 0.348 e. The first-order valence-electron chi connectivity index (χ1n) is 16.5. The van der Waals surface area contributed by atoms with Gasteiger partial charge in [-0.1, -0.05) is 45.4 Å². The molecule has 2 heterocycles. The highest BCUT2D eigenvalue weighted by molar-refractivity contribution is 6.33. The van der Waals surface area contributed by atoms with Crippen LogP contribution in [0.25, 0.3) is 11.1 Å². The number of ether oxygens (including phenoxy) is 1. The Bertz CT molecular complexity index is 1720. The van der Waals surface area contributed by atoms with E-state index in [0.29, 0.717) is 37.3 Å². The average molecular weight is 707 g/mol. The van der Waals surface area contributed by atoms with Crippen molar-refractivity contribution in [1.82, 2.24) is 19.8 Å². The minimum absolute atomic E-state index is 0.0280. The van der Waals surface area contributed by atoms with Gasteiger partial charge in [0.25, 0.3) is 0 Å². The summed E-state index contributed by atoms with van der Waals surface area (Å²) in [5, 5.41) is 2.50. The van der Waals surface area contributed by atoms with Gasteiger partial charge in [0.1, 0.15) is 29.7 Å². The van der Waals surface area contributed by atoms with Gasteiger partial charge in [-0.3, -0.25) is 19.1 Å². The van der Waals surface area contributed by atoms with E-state index in [2.05, 4.69) is 10.3 Å². The fraction of sp³-hybridized carbons (Fsp3) is 0.500. The summed E-state index contributed by atoms with van der Waals surface area (Å²) in [6.45, 7) is 11.5. The van der Waals surface area contributed by atoms with E-state index < -0.39 is 65.3 Å². The first-order valence-corrected chi connectivity index (χ1v) is 16.9. The van der Waals surface area contributed by atoms with Crippen molar-refractivity contribution in [2.24, 2.45) is 5.92 Å². The van der Waals surface area contributed by atoms with E-state index in [1.165, 1.54) is 23.6 Å². The van der Waals surface area contributed by atoms with Crippen LogP contribution in [0.15, 0.2) is 35.3 Å². The van der Waals surface area contributed by atoms with Gasteiger partial charge in [0, 0.05) is 42.5 Å². The number of amides is 1. The lowest BCUT2D eigenvalue weighted by molar-refractivity contribution is -0.144. The molecule has 49 heavy (non-hydrogen) atoms. The normalized spacial score (nSPS) is 15.0. The molecule has 1 aromatic heterocycles. The second-order valence-electron chi connectivity index (χ2n) is 13.2. The highest BCUT2D eigenvalue weighted by atomic mass is 35.5. The number of likely N-dealkylation sites (tertiary alicyclic amines) is 1. The number of carbonyl (C=O) groups excluding carboxylic acids is 2. The molecule has 1 aliphatic heterocycles. The Morgan fingerprint density at radius 2 is 1.82 bits per heavy atom. The highest BCUT2D eigenvalue weighted by Gasteiger charge is 2.33. The predicted octanol–water partition coefficient (Wildman–Crippen LogP) is 7.01. The zero-order valence-electron chi connectivity index (χ0n) is 28.6. The Hall–Kier alpha value is -3.77. The van der Waals surface area contributed by atoms with Crippen LogP contribution < -0.4 is 11.0 Å². The van der Waals surface area contributed by atoms with E-state index in [1.807, 2.05) is 32.6 Å². The van der Waals surface area contributed by atoms with Crippen molar-refractivity contribution >= 4 is 23.5 Å². The number of rotatable bonds is 14. The highest BCUT2D eigenvalue weighted by Crippen LogP contribution is 2.38. The van der Waals surface area contributed by atoms with Gasteiger partial charge in [0.05, 0.1) is 29.8 Å². The van der Waals surface area contributed by atoms with Crippen LogP contribution in [0.3, 0.4) is 0 Å². The van der Waals surface area contributed by atoms with Gasteiger partial charge >= 0.3 is 11.7 Å². The minimum atomic E-state index is -1.61. The molecule has 0 radical (unpaired) electrons. The Morgan fingerprint density at radius 1 is 1.12 bits per heavy atom. The standard InChI is InChI=1S/C36H43ClF4N4O4/c1-7-49-29(46)15-27(31-32(40)21(6)14-24(33(31)41)30-25(37)9-8-10-26(30)39)42-35(47)28(13-19(2)3)45-16-22(11-12-44-17-23(38)18-44)34(20(4)5)43-36(45)48/h8-10,14,16,19-20,23,27-28H,7,11-13,15,17-18H2,1-6H3,(H,42,47)/t27-,28-/m0/s1. The van der Waals surface area contributed by atoms with Crippen LogP contribution in [0.2, 0.25) is 5.02 Å². The van der Waals surface area contributed by atoms with Crippen LogP contribution >= 0.6 is 11.6 Å². The van der Waals surface area contributed by atoms with Crippen LogP contribution in [0.1, 0.15) is 87.8 Å². The van der Waals surface area contributed by atoms with Crippen molar-refractivity contribution < 1.29 is 31.9 Å². The summed E-state index contributed by atoms with van der Waals surface area (Å²) < 4.78 is 67.0. The van der Waals surface area contributed by atoms with Gasteiger partial charge in [-0.05, 0) is 67.9 Å². The third-order valence-corrected chi connectivity index (χ3v) is 8.86. The Labute approximate surface area is 288 Å². The van der Waals surface area contributed by atoms with E-state index in [1.54, 1.807) is 13.1 Å². The molecule has 0 spiro atoms. The summed E-state index contributed by atoms with van der Waals surface area (Å²) >= 11 is 6.24. The molecule has 1 amide bonds. The van der Waals surface area contributed by atoms with Crippen LogP contribution in [0, 0.1) is 30.3 Å². The van der Waals surface area contributed by atoms with Gasteiger partial charge in [0.2, 0.25) is 5.91 Å². The lowest BCUT2D eigenvalue weighted by Gasteiger charge is -2.34. The molecule has 4 rings (SSSR count). The van der Waals surface area contributed by atoms with Gasteiger partial charge in [-0.2, -0.15) is 4.98 Å². The molecule has 2 aromatic carbocycles. The first-order chi connectivity index (χ1) is 23.1. The van der Waals surface area contributed by atoms with Crippen molar-refractivity contribution in [3.05, 3.63) is 85.8 Å². The first kappa shape index (κ1) is 38.0. The van der Waals surface area contributed by atoms with Crippen molar-refractivity contribution in [2.75, 3.05) is 26.2 Å². The Morgan fingerprint density at radius 3 is 2.41 bits per heavy atom. The second-order valence-corrected chi connectivity index (χ2v) is 13.6. The molecule has 3 aromatic rings. The zero-order valence-corrected chi connectivity index (χ0v) is 29.3. The largest absolute Gasteiger partial charge is 0.466 e. The third kappa shape index (κ3) is 8.88. The maximum atomic E-state index is 16.4. The number of halogens is 5. The lowest BCUT2D eigenvalue weighted by Crippen LogP contribution is -2.49. The smallest absolute Gasteiger partial charge is 0.348 e. The van der Waals surface area contributed by atoms with E-state index in [9.17, 15) is 23.2 Å². The molecule has 0 bridgehead atoms. The molecule has 0 unspecified atom stereocenters. The van der Waals surface area contributed by atoms with Crippen LogP contribution in [-0.2, 0) is 20.7 Å². The van der Waals surface area contributed by atoms with E-state index in [0.717, 1.165) is 12.1 Å². The van der Waals surface area contributed by atoms with Crippen LogP contribution in [0.5, 0.6) is 0 Å². The second kappa shape index (κ2) is 16.3. The van der Waals surface area contributed by atoms with Crippen molar-refractivity contribution in [3.8, 4) is 11.1 Å². The number of alkyl halides is 1. The Balaban J connectivity index is 1.80. The van der Waals surface area contributed by atoms with Gasteiger partial charge in [-0.25, -0.2) is 22.4 Å². The maximum absolute atomic E-state index is 16.4. The van der Waals surface area contributed by atoms with Crippen molar-refractivity contribution in [3.63, 3.8) is 0 Å². The summed E-state index contributed by atoms with van der Waals surface area (Å²) in [7, 11) is 0. The SMILES string of the molecule is CCOC(=O)C[C@H](NC(=O)[C@H](CC(C)C)n1cc(CCN2CC(F)C2)c(C(C)C)nc1=O)c1c(F)c(C)cc(-c2c(F)cccc2Cl)c1F. The number of aryl methyl sites for hydroxylation is 1. The number of hydrogen-bond donors (Lipinski definition) is 1. The molecule has 2 atom stereocenters. The van der Waals surface area contributed by atoms with E-state index >= 15 is 8.78 Å². The van der Waals surface area contributed by atoms with Crippen LogP contribution in [0.4, 0.5) is 17.6 Å². The van der Waals surface area contributed by atoms with Gasteiger partial charge < -0.3 is 10.1 Å². The fourth-order valence-electron chi connectivity index (χ4n) is 6.12. The van der Waals surface area contributed by atoms with Crippen molar-refractivity contribution in [2.45, 2.75) is 85.0 Å². The number of aromatic nitrogens is 2. The topological polar surface area (TPSA) is 93.5 Å². The number of benzene rings is 2. The molecule has 1 N–H and O–H groups in total. The lowest BCUT2D eigenvalue weighted by atomic mass is 9.92.